The number of hydrogen-bond acceptors (Lipinski definition) is 10. The van der Waals surface area contributed by atoms with E-state index in [0.29, 0.717) is 39.7 Å². The number of ketones is 1. The molecule has 0 saturated heterocycles. The number of sulfone groups is 1. The number of carbonyl (C=O) groups is 1. The summed E-state index contributed by atoms with van der Waals surface area (Å²) in [5, 5.41) is 9.28. The summed E-state index contributed by atoms with van der Waals surface area (Å²) in [5.41, 5.74) is 12.2. The number of benzene rings is 11. The summed E-state index contributed by atoms with van der Waals surface area (Å²) < 4.78 is 58.9. The van der Waals surface area contributed by atoms with Gasteiger partial charge in [0.1, 0.15) is 57.8 Å². The molecule has 11 rings (SSSR count). The molecule has 0 aliphatic rings. The summed E-state index contributed by atoms with van der Waals surface area (Å²) in [6, 6.07) is 84.1. The van der Waals surface area contributed by atoms with Gasteiger partial charge in [-0.2, -0.15) is 5.26 Å². The molecule has 0 spiro atoms. The largest absolute Gasteiger partial charge is 0.497 e. The van der Waals surface area contributed by atoms with E-state index in [1.54, 1.807) is 82.0 Å². The third-order valence-corrected chi connectivity index (χ3v) is 16.2. The number of nitrogens with zero attached hydrogens (tertiary/aromatic N) is 1. The minimum atomic E-state index is -3.55. The van der Waals surface area contributed by atoms with Crippen LogP contribution in [0.1, 0.15) is 71.6 Å². The van der Waals surface area contributed by atoms with Crippen LogP contribution in [0.2, 0.25) is 0 Å². The normalized spacial score (nSPS) is 10.6. The summed E-state index contributed by atoms with van der Waals surface area (Å²) in [6.45, 7) is 5.84. The number of ether oxygens (including phenoxy) is 6. The molecule has 0 aliphatic carbocycles. The third-order valence-electron chi connectivity index (χ3n) is 14.4. The van der Waals surface area contributed by atoms with Gasteiger partial charge in [-0.05, 0) is 219 Å². The predicted molar refractivity (Wildman–Crippen MR) is 347 cm³/mol. The second kappa shape index (κ2) is 29.9. The van der Waals surface area contributed by atoms with Gasteiger partial charge in [-0.15, -0.1) is 0 Å². The van der Waals surface area contributed by atoms with E-state index in [4.69, 9.17) is 28.4 Å². The van der Waals surface area contributed by atoms with Gasteiger partial charge in [0.25, 0.3) is 0 Å². The minimum absolute atomic E-state index is 0.00874. The molecule has 0 aromatic heterocycles. The molecular weight excluding hydrogens is 1110 g/mol. The second-order valence-corrected chi connectivity index (χ2v) is 22.8. The van der Waals surface area contributed by atoms with Gasteiger partial charge >= 0.3 is 0 Å². The Kier molecular flexibility index (Phi) is 21.0. The highest BCUT2D eigenvalue weighted by atomic mass is 32.2. The van der Waals surface area contributed by atoms with Crippen molar-refractivity contribution < 1.29 is 41.6 Å². The van der Waals surface area contributed by atoms with Crippen LogP contribution in [0.3, 0.4) is 0 Å². The van der Waals surface area contributed by atoms with Crippen molar-refractivity contribution in [1.82, 2.24) is 0 Å². The molecule has 0 unspecified atom stereocenters. The molecule has 88 heavy (non-hydrogen) atoms. The number of methoxy groups -OCH3 is 3. The monoisotopic (exact) mass is 1180 g/mol. The lowest BCUT2D eigenvalue weighted by atomic mass is 10.0. The van der Waals surface area contributed by atoms with Gasteiger partial charge in [0.2, 0.25) is 9.84 Å². The molecule has 0 aliphatic heterocycles. The van der Waals surface area contributed by atoms with Crippen LogP contribution in [-0.4, -0.2) is 35.5 Å². The number of hydrogen-bond donors (Lipinski definition) is 0. The topological polar surface area (TPSA) is 130 Å². The Morgan fingerprint density at radius 1 is 0.352 bits per heavy atom. The summed E-state index contributed by atoms with van der Waals surface area (Å²) in [6.07, 6.45) is 2.51. The van der Waals surface area contributed by atoms with Crippen molar-refractivity contribution in [2.24, 2.45) is 0 Å². The van der Waals surface area contributed by atoms with Gasteiger partial charge in [-0.3, -0.25) is 4.79 Å². The lowest BCUT2D eigenvalue weighted by molar-refractivity contribution is 0.103. The first-order valence-electron chi connectivity index (χ1n) is 28.6. The lowest BCUT2D eigenvalue weighted by Crippen LogP contribution is -2.01. The first kappa shape index (κ1) is 61.9. The maximum atomic E-state index is 12.8. The summed E-state index contributed by atoms with van der Waals surface area (Å²) in [5.74, 6) is 6.61. The molecule has 0 bridgehead atoms. The molecule has 0 amide bonds. The van der Waals surface area contributed by atoms with E-state index in [-0.39, 0.29) is 15.6 Å². The molecule has 0 heterocycles. The Morgan fingerprint density at radius 3 is 0.955 bits per heavy atom. The third kappa shape index (κ3) is 17.2. The van der Waals surface area contributed by atoms with E-state index < -0.39 is 9.84 Å². The van der Waals surface area contributed by atoms with Crippen LogP contribution in [-0.2, 0) is 29.1 Å². The molecule has 0 fully saturated rings. The van der Waals surface area contributed by atoms with E-state index in [2.05, 4.69) is 54.6 Å². The zero-order valence-corrected chi connectivity index (χ0v) is 50.8. The molecule has 11 aromatic carbocycles. The summed E-state index contributed by atoms with van der Waals surface area (Å²) in [4.78, 5) is 13.1. The molecule has 0 atom stereocenters. The molecular formula is C77H67NO9S. The Hall–Kier alpha value is -10.7. The van der Waals surface area contributed by atoms with E-state index >= 15 is 0 Å². The number of carbonyl (C=O) groups excluding carboxylic acids is 1. The number of nitriles is 1. The quantitative estimate of drug-likeness (QED) is 0.0721. The minimum Gasteiger partial charge on any atom is -0.497 e. The Bertz CT molecular complexity index is 4190. The molecule has 440 valence electrons. The Labute approximate surface area is 516 Å². The molecule has 11 aromatic rings. The summed E-state index contributed by atoms with van der Waals surface area (Å²) in [7, 11) is 1.44. The van der Waals surface area contributed by atoms with Crippen molar-refractivity contribution in [3.8, 4) is 57.8 Å². The average molecular weight is 1180 g/mol. The van der Waals surface area contributed by atoms with Crippen LogP contribution in [0, 0.1) is 32.1 Å². The van der Waals surface area contributed by atoms with Crippen LogP contribution in [0.25, 0.3) is 0 Å². The molecule has 0 radical (unpaired) electrons. The first-order chi connectivity index (χ1) is 42.7. The van der Waals surface area contributed by atoms with Crippen molar-refractivity contribution in [2.75, 3.05) is 21.3 Å². The van der Waals surface area contributed by atoms with Crippen molar-refractivity contribution in [2.45, 2.75) is 49.8 Å². The highest BCUT2D eigenvalue weighted by molar-refractivity contribution is 7.91. The maximum Gasteiger partial charge on any atom is 0.206 e. The average Bonchev–Trinajstić information content (AvgIpc) is 2.63. The lowest BCUT2D eigenvalue weighted by Gasteiger charge is -2.10. The SMILES string of the molecule is COc1ccc(Cc2ccc(Oc3ccc(C(=O)c4ccc(C)cc4)cc3)cc2)cc1.COc1ccc(Cc2ccc(Oc3ccc(S(=O)(=O)c4ccc(C)cc4)cc3)cc2)cc1.COc1ccc(Cc2ccc(Oc3cccc(C)c3C#N)cc2)cc1. The first-order valence-corrected chi connectivity index (χ1v) is 30.0. The van der Waals surface area contributed by atoms with Crippen molar-refractivity contribution in [3.63, 3.8) is 0 Å². The Morgan fingerprint density at radius 2 is 0.625 bits per heavy atom. The predicted octanol–water partition coefficient (Wildman–Crippen LogP) is 18.1. The van der Waals surface area contributed by atoms with E-state index in [9.17, 15) is 18.5 Å². The van der Waals surface area contributed by atoms with Gasteiger partial charge in [0.15, 0.2) is 5.78 Å². The highest BCUT2D eigenvalue weighted by Gasteiger charge is 2.18. The van der Waals surface area contributed by atoms with Gasteiger partial charge in [-0.25, -0.2) is 8.42 Å². The van der Waals surface area contributed by atoms with Crippen molar-refractivity contribution >= 4 is 15.6 Å². The van der Waals surface area contributed by atoms with Crippen LogP contribution in [0.15, 0.2) is 271 Å². The molecule has 0 N–H and O–H groups in total. The van der Waals surface area contributed by atoms with Crippen LogP contribution >= 0.6 is 0 Å². The van der Waals surface area contributed by atoms with Gasteiger partial charge in [0, 0.05) is 11.1 Å². The smallest absolute Gasteiger partial charge is 0.206 e. The second-order valence-electron chi connectivity index (χ2n) is 20.9. The van der Waals surface area contributed by atoms with E-state index in [1.165, 1.54) is 33.4 Å². The van der Waals surface area contributed by atoms with Gasteiger partial charge in [0.05, 0.1) is 36.7 Å². The number of aryl methyl sites for hydroxylation is 3. The summed E-state index contributed by atoms with van der Waals surface area (Å²) >= 11 is 0. The molecule has 11 heteroatoms. The van der Waals surface area contributed by atoms with E-state index in [0.717, 1.165) is 64.7 Å². The Balaban J connectivity index is 0.000000158. The highest BCUT2D eigenvalue weighted by Crippen LogP contribution is 2.31. The van der Waals surface area contributed by atoms with E-state index in [1.807, 2.05) is 172 Å². The fourth-order valence-corrected chi connectivity index (χ4v) is 10.6. The zero-order chi connectivity index (χ0) is 61.8. The zero-order valence-electron chi connectivity index (χ0n) is 50.0. The fraction of sp³-hybridized carbons (Fsp3) is 0.117. The van der Waals surface area contributed by atoms with Gasteiger partial charge < -0.3 is 28.4 Å². The molecule has 10 nitrogen and oxygen atoms in total. The maximum absolute atomic E-state index is 12.8. The number of rotatable bonds is 19. The van der Waals surface area contributed by atoms with Crippen LogP contribution < -0.4 is 28.4 Å². The fourth-order valence-electron chi connectivity index (χ4n) is 9.32. The van der Waals surface area contributed by atoms with Crippen molar-refractivity contribution in [3.05, 3.63) is 328 Å². The van der Waals surface area contributed by atoms with Crippen molar-refractivity contribution in [1.29, 1.82) is 5.26 Å². The van der Waals surface area contributed by atoms with Crippen LogP contribution in [0.4, 0.5) is 0 Å². The standard InChI is InChI=1S/C28H24O3.C27H24O4S.C22H19NO2/c1-20-3-9-23(10-4-20)28(29)24-11-17-27(18-12-24)31-26-15-7-22(8-16-26)19-21-5-13-25(30-2)14-6-21;1-20-3-15-26(16-4-20)32(28,29)27-17-13-25(14-18-27)31-24-11-7-22(8-12-24)19-21-5-9-23(30-2)10-6-21;1-16-4-3-5-22(21(16)15-23)25-20-12-8-18(9-13-20)14-17-6-10-19(24-2)11-7-17/h3-18H,19H2,1-2H3;3-18H,19H2,1-2H3;3-13H,14H2,1-2H3. The van der Waals surface area contributed by atoms with Crippen LogP contribution in [0.5, 0.6) is 51.7 Å². The molecule has 0 saturated carbocycles. The van der Waals surface area contributed by atoms with Gasteiger partial charge in [-0.1, -0.05) is 132 Å².